The van der Waals surface area contributed by atoms with Crippen molar-refractivity contribution >= 4 is 42.1 Å². The van der Waals surface area contributed by atoms with Crippen LogP contribution in [-0.2, 0) is 10.0 Å². The van der Waals surface area contributed by atoms with Crippen LogP contribution in [0.1, 0.15) is 5.56 Å². The number of benzene rings is 1. The van der Waals surface area contributed by atoms with Gasteiger partial charge in [-0.3, -0.25) is 4.79 Å². The molecule has 0 atom stereocenters. The van der Waals surface area contributed by atoms with Crippen LogP contribution in [0.25, 0.3) is 9.40 Å². The van der Waals surface area contributed by atoms with Crippen LogP contribution in [0.2, 0.25) is 0 Å². The maximum atomic E-state index is 12.4. The van der Waals surface area contributed by atoms with Crippen molar-refractivity contribution in [1.82, 2.24) is 3.97 Å². The molecule has 19 heavy (non-hydrogen) atoms. The first-order valence-corrected chi connectivity index (χ1v) is 8.48. The molecule has 0 spiro atoms. The SMILES string of the molecule is Cc1ccc(S(=O)(=O)n2cc3sc(=O)sc3c2)cc1. The zero-order chi connectivity index (χ0) is 13.6. The molecule has 0 bridgehead atoms. The molecular weight excluding hydrogens is 302 g/mol. The Hall–Kier alpha value is -1.44. The van der Waals surface area contributed by atoms with E-state index in [0.717, 1.165) is 28.2 Å². The molecule has 0 aliphatic rings. The minimum absolute atomic E-state index is 0.0233. The van der Waals surface area contributed by atoms with E-state index in [0.29, 0.717) is 9.40 Å². The second-order valence-electron chi connectivity index (χ2n) is 4.09. The first-order valence-electron chi connectivity index (χ1n) is 5.41. The Kier molecular flexibility index (Phi) is 2.84. The van der Waals surface area contributed by atoms with Crippen molar-refractivity contribution in [2.45, 2.75) is 11.8 Å². The lowest BCUT2D eigenvalue weighted by atomic mass is 10.2. The lowest BCUT2D eigenvalue weighted by molar-refractivity contribution is 0.587. The van der Waals surface area contributed by atoms with Crippen molar-refractivity contribution in [2.24, 2.45) is 0 Å². The molecule has 7 heteroatoms. The fraction of sp³-hybridized carbons (Fsp3) is 0.0833. The van der Waals surface area contributed by atoms with E-state index < -0.39 is 10.0 Å². The molecule has 98 valence electrons. The lowest BCUT2D eigenvalue weighted by Gasteiger charge is -2.05. The molecule has 0 aliphatic heterocycles. The summed E-state index contributed by atoms with van der Waals surface area (Å²) in [5, 5.41) is 0. The van der Waals surface area contributed by atoms with Gasteiger partial charge < -0.3 is 0 Å². The Balaban J connectivity index is 2.15. The molecule has 0 saturated heterocycles. The molecule has 1 aromatic carbocycles. The van der Waals surface area contributed by atoms with Crippen LogP contribution in [-0.4, -0.2) is 12.4 Å². The van der Waals surface area contributed by atoms with Gasteiger partial charge in [0.2, 0.25) is 0 Å². The Morgan fingerprint density at radius 1 is 1.00 bits per heavy atom. The van der Waals surface area contributed by atoms with E-state index in [1.807, 2.05) is 6.92 Å². The van der Waals surface area contributed by atoms with Crippen LogP contribution >= 0.6 is 22.7 Å². The summed E-state index contributed by atoms with van der Waals surface area (Å²) in [4.78, 5) is 11.4. The molecule has 2 aromatic heterocycles. The van der Waals surface area contributed by atoms with Gasteiger partial charge in [-0.25, -0.2) is 12.4 Å². The highest BCUT2D eigenvalue weighted by atomic mass is 32.2. The summed E-state index contributed by atoms with van der Waals surface area (Å²) in [5.74, 6) is 0. The average molecular weight is 311 g/mol. The highest BCUT2D eigenvalue weighted by Gasteiger charge is 2.18. The monoisotopic (exact) mass is 311 g/mol. The van der Waals surface area contributed by atoms with E-state index >= 15 is 0 Å². The topological polar surface area (TPSA) is 56.1 Å². The molecule has 0 amide bonds. The number of nitrogens with zero attached hydrogens (tertiary/aromatic N) is 1. The zero-order valence-corrected chi connectivity index (χ0v) is 12.3. The van der Waals surface area contributed by atoms with E-state index in [9.17, 15) is 13.2 Å². The van der Waals surface area contributed by atoms with E-state index in [2.05, 4.69) is 0 Å². The third-order valence-electron chi connectivity index (χ3n) is 2.71. The van der Waals surface area contributed by atoms with Crippen LogP contribution in [0.15, 0.2) is 46.3 Å². The van der Waals surface area contributed by atoms with Gasteiger partial charge in [0.05, 0.1) is 14.3 Å². The summed E-state index contributed by atoms with van der Waals surface area (Å²) in [6, 6.07) is 6.69. The molecule has 3 aromatic rings. The molecule has 0 fully saturated rings. The molecule has 4 nitrogen and oxygen atoms in total. The molecule has 0 aliphatic carbocycles. The lowest BCUT2D eigenvalue weighted by Crippen LogP contribution is -2.10. The molecule has 0 saturated carbocycles. The second-order valence-corrected chi connectivity index (χ2v) is 8.22. The Morgan fingerprint density at radius 2 is 1.53 bits per heavy atom. The predicted molar refractivity (Wildman–Crippen MR) is 77.7 cm³/mol. The predicted octanol–water partition coefficient (Wildman–Crippen LogP) is 2.67. The first-order chi connectivity index (χ1) is 8.96. The maximum Gasteiger partial charge on any atom is 0.288 e. The molecule has 0 N–H and O–H groups in total. The summed E-state index contributed by atoms with van der Waals surface area (Å²) in [6.07, 6.45) is 2.99. The Morgan fingerprint density at radius 3 is 2.05 bits per heavy atom. The van der Waals surface area contributed by atoms with Crippen LogP contribution in [0.5, 0.6) is 0 Å². The van der Waals surface area contributed by atoms with Gasteiger partial charge in [-0.05, 0) is 19.1 Å². The largest absolute Gasteiger partial charge is 0.288 e. The van der Waals surface area contributed by atoms with E-state index in [1.165, 1.54) is 16.4 Å². The van der Waals surface area contributed by atoms with Crippen molar-refractivity contribution in [1.29, 1.82) is 0 Å². The third kappa shape index (κ3) is 2.13. The minimum Gasteiger partial charge on any atom is -0.265 e. The standard InChI is InChI=1S/C12H9NO3S3/c1-8-2-4-9(5-3-8)19(15,16)13-6-10-11(7-13)18-12(14)17-10/h2-7H,1H3. The van der Waals surface area contributed by atoms with Gasteiger partial charge in [0.15, 0.2) is 0 Å². The summed E-state index contributed by atoms with van der Waals surface area (Å²) in [7, 11) is -3.57. The molecule has 3 rings (SSSR count). The summed E-state index contributed by atoms with van der Waals surface area (Å²) in [6.45, 7) is 1.90. The number of fused-ring (bicyclic) bond motifs is 1. The molecule has 0 radical (unpaired) electrons. The highest BCUT2D eigenvalue weighted by molar-refractivity contribution is 7.90. The van der Waals surface area contributed by atoms with Crippen LogP contribution in [0.3, 0.4) is 0 Å². The minimum atomic E-state index is -3.57. The van der Waals surface area contributed by atoms with Gasteiger partial charge >= 0.3 is 0 Å². The van der Waals surface area contributed by atoms with Gasteiger partial charge in [-0.1, -0.05) is 40.4 Å². The van der Waals surface area contributed by atoms with E-state index in [1.54, 1.807) is 24.3 Å². The van der Waals surface area contributed by atoms with Gasteiger partial charge in [0.1, 0.15) is 0 Å². The van der Waals surface area contributed by atoms with Gasteiger partial charge in [0.25, 0.3) is 14.1 Å². The summed E-state index contributed by atoms with van der Waals surface area (Å²) in [5.41, 5.74) is 1.01. The average Bonchev–Trinajstić information content (AvgIpc) is 2.87. The summed E-state index contributed by atoms with van der Waals surface area (Å²) >= 11 is 2.13. The molecular formula is C12H9NO3S3. The van der Waals surface area contributed by atoms with Crippen molar-refractivity contribution in [3.63, 3.8) is 0 Å². The summed E-state index contributed by atoms with van der Waals surface area (Å²) < 4.78 is 27.3. The highest BCUT2D eigenvalue weighted by Crippen LogP contribution is 2.25. The van der Waals surface area contributed by atoms with Gasteiger partial charge in [0, 0.05) is 12.4 Å². The van der Waals surface area contributed by atoms with E-state index in [-0.39, 0.29) is 8.95 Å². The third-order valence-corrected chi connectivity index (χ3v) is 6.40. The zero-order valence-electron chi connectivity index (χ0n) is 9.86. The number of aryl methyl sites for hydroxylation is 1. The van der Waals surface area contributed by atoms with Gasteiger partial charge in [-0.15, -0.1) is 0 Å². The fourth-order valence-electron chi connectivity index (χ4n) is 1.72. The van der Waals surface area contributed by atoms with Crippen molar-refractivity contribution < 1.29 is 8.42 Å². The van der Waals surface area contributed by atoms with Crippen LogP contribution in [0, 0.1) is 6.92 Å². The van der Waals surface area contributed by atoms with E-state index in [4.69, 9.17) is 0 Å². The number of rotatable bonds is 2. The van der Waals surface area contributed by atoms with Gasteiger partial charge in [-0.2, -0.15) is 0 Å². The van der Waals surface area contributed by atoms with Crippen molar-refractivity contribution in [3.05, 3.63) is 51.1 Å². The first kappa shape index (κ1) is 12.6. The molecule has 2 heterocycles. The Labute approximate surface area is 117 Å². The van der Waals surface area contributed by atoms with Crippen molar-refractivity contribution in [2.75, 3.05) is 0 Å². The number of hydrogen-bond acceptors (Lipinski definition) is 5. The fourth-order valence-corrected chi connectivity index (χ4v) is 5.02. The Bertz CT molecular complexity index is 863. The second kappa shape index (κ2) is 4.29. The molecule has 0 unspecified atom stereocenters. The quantitative estimate of drug-likeness (QED) is 0.731. The van der Waals surface area contributed by atoms with Crippen LogP contribution < -0.4 is 4.06 Å². The number of aromatic nitrogens is 1. The maximum absolute atomic E-state index is 12.4. The number of hydrogen-bond donors (Lipinski definition) is 0. The normalized spacial score (nSPS) is 12.1. The smallest absolute Gasteiger partial charge is 0.265 e. The van der Waals surface area contributed by atoms with Crippen LogP contribution in [0.4, 0.5) is 0 Å². The van der Waals surface area contributed by atoms with Crippen molar-refractivity contribution in [3.8, 4) is 0 Å².